The number of hydrogen-bond donors (Lipinski definition) is 1. The van der Waals surface area contributed by atoms with Gasteiger partial charge in [0.15, 0.2) is 5.69 Å². The molecule has 1 aromatic carbocycles. The minimum absolute atomic E-state index is 0.102. The molecule has 0 saturated heterocycles. The Morgan fingerprint density at radius 3 is 2.50 bits per heavy atom. The Hall–Kier alpha value is -2.63. The molecule has 0 radical (unpaired) electrons. The zero-order valence-electron chi connectivity index (χ0n) is 14.7. The van der Waals surface area contributed by atoms with Crippen molar-refractivity contribution >= 4 is 17.5 Å². The second-order valence-corrected chi connectivity index (χ2v) is 6.02. The van der Waals surface area contributed by atoms with Crippen LogP contribution in [0.1, 0.15) is 34.6 Å². The smallest absolute Gasteiger partial charge is 0.276 e. The van der Waals surface area contributed by atoms with Crippen LogP contribution in [0.25, 0.3) is 0 Å². The Bertz CT molecular complexity index is 720. The van der Waals surface area contributed by atoms with E-state index in [1.54, 1.807) is 25.8 Å². The van der Waals surface area contributed by atoms with Crippen molar-refractivity contribution in [2.75, 3.05) is 19.4 Å². The summed E-state index contributed by atoms with van der Waals surface area (Å²) < 4.78 is 1.61. The molecule has 1 N–H and O–H groups in total. The molecule has 0 fully saturated rings. The van der Waals surface area contributed by atoms with Gasteiger partial charge >= 0.3 is 0 Å². The normalized spacial score (nSPS) is 10.5. The van der Waals surface area contributed by atoms with Crippen molar-refractivity contribution in [2.45, 2.75) is 26.2 Å². The standard InChI is InChI=1S/C18H24N4O2/c1-13-16(17(20-22(13)4)18(24)21(2)3)19-15(23)12-8-11-14-9-6-5-7-10-14/h5-7,9-10H,8,11-12H2,1-4H3,(H,19,23). The maximum Gasteiger partial charge on any atom is 0.276 e. The van der Waals surface area contributed by atoms with E-state index < -0.39 is 0 Å². The summed E-state index contributed by atoms with van der Waals surface area (Å²) in [6.07, 6.45) is 2.01. The summed E-state index contributed by atoms with van der Waals surface area (Å²) in [5.74, 6) is -0.326. The Morgan fingerprint density at radius 1 is 1.21 bits per heavy atom. The lowest BCUT2D eigenvalue weighted by molar-refractivity contribution is -0.116. The van der Waals surface area contributed by atoms with Crippen LogP contribution in [-0.4, -0.2) is 40.6 Å². The van der Waals surface area contributed by atoms with E-state index in [4.69, 9.17) is 0 Å². The van der Waals surface area contributed by atoms with Crippen molar-refractivity contribution in [1.82, 2.24) is 14.7 Å². The lowest BCUT2D eigenvalue weighted by atomic mass is 10.1. The predicted octanol–water partition coefficient (Wildman–Crippen LogP) is 2.39. The summed E-state index contributed by atoms with van der Waals surface area (Å²) >= 11 is 0. The molecule has 128 valence electrons. The predicted molar refractivity (Wildman–Crippen MR) is 94.0 cm³/mol. The first-order valence-electron chi connectivity index (χ1n) is 7.99. The van der Waals surface area contributed by atoms with Gasteiger partial charge in [-0.05, 0) is 25.3 Å². The lowest BCUT2D eigenvalue weighted by Crippen LogP contribution is -2.24. The van der Waals surface area contributed by atoms with Crippen LogP contribution in [0.2, 0.25) is 0 Å². The largest absolute Gasteiger partial charge is 0.343 e. The molecule has 1 heterocycles. The molecule has 0 aliphatic heterocycles. The highest BCUT2D eigenvalue weighted by Crippen LogP contribution is 2.21. The molecule has 2 aromatic rings. The van der Waals surface area contributed by atoms with Gasteiger partial charge in [-0.3, -0.25) is 14.3 Å². The Morgan fingerprint density at radius 2 is 1.88 bits per heavy atom. The summed E-state index contributed by atoms with van der Waals surface area (Å²) in [7, 11) is 5.09. The molecular weight excluding hydrogens is 304 g/mol. The Kier molecular flexibility index (Phi) is 5.73. The first kappa shape index (κ1) is 17.7. The first-order valence-corrected chi connectivity index (χ1v) is 7.99. The topological polar surface area (TPSA) is 67.2 Å². The lowest BCUT2D eigenvalue weighted by Gasteiger charge is -2.11. The molecule has 24 heavy (non-hydrogen) atoms. The molecule has 0 aliphatic carbocycles. The fourth-order valence-corrected chi connectivity index (χ4v) is 2.42. The van der Waals surface area contributed by atoms with Crippen LogP contribution < -0.4 is 5.32 Å². The van der Waals surface area contributed by atoms with Gasteiger partial charge in [0.05, 0.1) is 11.4 Å². The number of nitrogens with zero attached hydrogens (tertiary/aromatic N) is 3. The van der Waals surface area contributed by atoms with Crippen LogP contribution in [0.3, 0.4) is 0 Å². The van der Waals surface area contributed by atoms with Crippen molar-refractivity contribution in [3.05, 3.63) is 47.3 Å². The summed E-state index contributed by atoms with van der Waals surface area (Å²) in [4.78, 5) is 25.9. The monoisotopic (exact) mass is 328 g/mol. The van der Waals surface area contributed by atoms with Gasteiger partial charge in [-0.15, -0.1) is 0 Å². The van der Waals surface area contributed by atoms with E-state index in [0.717, 1.165) is 18.5 Å². The average molecular weight is 328 g/mol. The van der Waals surface area contributed by atoms with Crippen molar-refractivity contribution in [2.24, 2.45) is 7.05 Å². The summed E-state index contributed by atoms with van der Waals surface area (Å²) in [6.45, 7) is 1.83. The number of carbonyl (C=O) groups excluding carboxylic acids is 2. The van der Waals surface area contributed by atoms with Crippen molar-refractivity contribution < 1.29 is 9.59 Å². The highest BCUT2D eigenvalue weighted by molar-refractivity contribution is 6.02. The Balaban J connectivity index is 1.99. The molecule has 0 spiro atoms. The van der Waals surface area contributed by atoms with E-state index in [-0.39, 0.29) is 17.5 Å². The van der Waals surface area contributed by atoms with E-state index in [0.29, 0.717) is 12.1 Å². The molecule has 6 nitrogen and oxygen atoms in total. The van der Waals surface area contributed by atoms with Crippen LogP contribution in [0.4, 0.5) is 5.69 Å². The quantitative estimate of drug-likeness (QED) is 0.885. The molecule has 0 atom stereocenters. The van der Waals surface area contributed by atoms with Gasteiger partial charge in [-0.1, -0.05) is 30.3 Å². The van der Waals surface area contributed by atoms with Crippen molar-refractivity contribution in [3.8, 4) is 0 Å². The van der Waals surface area contributed by atoms with Gasteiger partial charge in [0.1, 0.15) is 0 Å². The van der Waals surface area contributed by atoms with E-state index in [9.17, 15) is 9.59 Å². The van der Waals surface area contributed by atoms with Gasteiger partial charge in [0.2, 0.25) is 5.91 Å². The highest BCUT2D eigenvalue weighted by atomic mass is 16.2. The number of carbonyl (C=O) groups is 2. The first-order chi connectivity index (χ1) is 11.4. The molecule has 1 aromatic heterocycles. The van der Waals surface area contributed by atoms with Crippen LogP contribution in [-0.2, 0) is 18.3 Å². The fourth-order valence-electron chi connectivity index (χ4n) is 2.42. The van der Waals surface area contributed by atoms with Crippen LogP contribution in [0.5, 0.6) is 0 Å². The molecule has 0 saturated carbocycles. The third kappa shape index (κ3) is 4.22. The van der Waals surface area contributed by atoms with E-state index in [2.05, 4.69) is 22.5 Å². The molecule has 2 amide bonds. The second kappa shape index (κ2) is 7.77. The number of nitrogens with one attached hydrogen (secondary N) is 1. The molecular formula is C18H24N4O2. The number of hydrogen-bond acceptors (Lipinski definition) is 3. The summed E-state index contributed by atoms with van der Waals surface area (Å²) in [5, 5.41) is 7.07. The highest BCUT2D eigenvalue weighted by Gasteiger charge is 2.22. The third-order valence-electron chi connectivity index (χ3n) is 3.92. The zero-order chi connectivity index (χ0) is 17.7. The average Bonchev–Trinajstić information content (AvgIpc) is 2.83. The number of aryl methyl sites for hydroxylation is 2. The SMILES string of the molecule is Cc1c(NC(=O)CCCc2ccccc2)c(C(=O)N(C)C)nn1C. The molecule has 6 heteroatoms. The zero-order valence-corrected chi connectivity index (χ0v) is 14.7. The van der Waals surface area contributed by atoms with Crippen LogP contribution >= 0.6 is 0 Å². The maximum absolute atomic E-state index is 12.2. The Labute approximate surface area is 142 Å². The van der Waals surface area contributed by atoms with Gasteiger partial charge in [-0.25, -0.2) is 0 Å². The van der Waals surface area contributed by atoms with E-state index in [1.165, 1.54) is 10.5 Å². The number of benzene rings is 1. The molecule has 0 bridgehead atoms. The van der Waals surface area contributed by atoms with Crippen LogP contribution in [0, 0.1) is 6.92 Å². The molecule has 0 aliphatic rings. The molecule has 0 unspecified atom stereocenters. The summed E-state index contributed by atoms with van der Waals surface area (Å²) in [5.41, 5.74) is 2.75. The van der Waals surface area contributed by atoms with E-state index >= 15 is 0 Å². The van der Waals surface area contributed by atoms with Gasteiger partial charge in [0, 0.05) is 27.6 Å². The van der Waals surface area contributed by atoms with Gasteiger partial charge in [0.25, 0.3) is 5.91 Å². The second-order valence-electron chi connectivity index (χ2n) is 6.02. The molecule has 2 rings (SSSR count). The third-order valence-corrected chi connectivity index (χ3v) is 3.92. The maximum atomic E-state index is 12.2. The van der Waals surface area contributed by atoms with E-state index in [1.807, 2.05) is 25.1 Å². The van der Waals surface area contributed by atoms with Crippen LogP contribution in [0.15, 0.2) is 30.3 Å². The van der Waals surface area contributed by atoms with Gasteiger partial charge in [-0.2, -0.15) is 5.10 Å². The minimum atomic E-state index is -0.224. The van der Waals surface area contributed by atoms with Crippen molar-refractivity contribution in [3.63, 3.8) is 0 Å². The van der Waals surface area contributed by atoms with Gasteiger partial charge < -0.3 is 10.2 Å². The number of amides is 2. The minimum Gasteiger partial charge on any atom is -0.343 e. The summed E-state index contributed by atoms with van der Waals surface area (Å²) in [6, 6.07) is 10.1. The van der Waals surface area contributed by atoms with Crippen molar-refractivity contribution in [1.29, 1.82) is 0 Å². The number of rotatable bonds is 6. The number of aromatic nitrogens is 2. The fraction of sp³-hybridized carbons (Fsp3) is 0.389. The number of anilines is 1.